The summed E-state index contributed by atoms with van der Waals surface area (Å²) < 4.78 is 10.5. The van der Waals surface area contributed by atoms with Gasteiger partial charge in [-0.25, -0.2) is 14.6 Å². The van der Waals surface area contributed by atoms with Crippen LogP contribution in [0.4, 0.5) is 4.79 Å². The van der Waals surface area contributed by atoms with E-state index in [1.165, 1.54) is 23.0 Å². The molecule has 0 aliphatic carbocycles. The Balaban J connectivity index is 1.47. The van der Waals surface area contributed by atoms with E-state index in [2.05, 4.69) is 20.6 Å². The Bertz CT molecular complexity index is 1440. The first-order valence-electron chi connectivity index (χ1n) is 14.6. The van der Waals surface area contributed by atoms with Crippen molar-refractivity contribution in [3.63, 3.8) is 0 Å². The predicted molar refractivity (Wildman–Crippen MR) is 167 cm³/mol. The number of ether oxygens (including phenoxy) is 2. The van der Waals surface area contributed by atoms with Crippen LogP contribution in [0.15, 0.2) is 73.2 Å². The van der Waals surface area contributed by atoms with Crippen molar-refractivity contribution in [2.75, 3.05) is 11.6 Å². The van der Waals surface area contributed by atoms with Gasteiger partial charge in [-0.15, -0.1) is 11.8 Å². The zero-order valence-corrected chi connectivity index (χ0v) is 26.0. The van der Waals surface area contributed by atoms with Gasteiger partial charge < -0.3 is 30.0 Å². The van der Waals surface area contributed by atoms with Crippen LogP contribution in [0, 0.1) is 0 Å². The van der Waals surface area contributed by atoms with Gasteiger partial charge in [0.15, 0.2) is 0 Å². The first-order valence-corrected chi connectivity index (χ1v) is 15.8. The van der Waals surface area contributed by atoms with E-state index in [0.29, 0.717) is 6.42 Å². The Kier molecular flexibility index (Phi) is 12.1. The van der Waals surface area contributed by atoms with E-state index in [0.717, 1.165) is 16.8 Å². The highest BCUT2D eigenvalue weighted by atomic mass is 32.2. The summed E-state index contributed by atoms with van der Waals surface area (Å²) in [6.07, 6.45) is 2.55. The summed E-state index contributed by atoms with van der Waals surface area (Å²) in [6.45, 7) is 3.28. The first kappa shape index (κ1) is 33.2. The van der Waals surface area contributed by atoms with Crippen LogP contribution in [0.2, 0.25) is 0 Å². The number of nitrogens with zero attached hydrogens (tertiary/aromatic N) is 2. The van der Waals surface area contributed by atoms with Gasteiger partial charge >= 0.3 is 12.1 Å². The van der Waals surface area contributed by atoms with E-state index < -0.39 is 53.9 Å². The van der Waals surface area contributed by atoms with Crippen LogP contribution in [0.1, 0.15) is 37.1 Å². The second kappa shape index (κ2) is 16.4. The third kappa shape index (κ3) is 9.93. The van der Waals surface area contributed by atoms with E-state index in [-0.39, 0.29) is 31.1 Å². The molecule has 3 atom stereocenters. The number of amides is 3. The number of esters is 1. The van der Waals surface area contributed by atoms with E-state index in [1.807, 2.05) is 36.4 Å². The molecule has 1 fully saturated rings. The van der Waals surface area contributed by atoms with Crippen molar-refractivity contribution in [1.29, 1.82) is 0 Å². The van der Waals surface area contributed by atoms with E-state index in [9.17, 15) is 24.0 Å². The molecule has 4 rings (SSSR count). The third-order valence-corrected chi connectivity index (χ3v) is 8.00. The summed E-state index contributed by atoms with van der Waals surface area (Å²) in [5.74, 6) is -2.51. The number of nitrogens with one attached hydrogen (secondary N) is 3. The number of benzene rings is 2. The van der Waals surface area contributed by atoms with Crippen molar-refractivity contribution in [3.05, 3.63) is 90.0 Å². The minimum absolute atomic E-state index is 0.0226. The van der Waals surface area contributed by atoms with E-state index in [1.54, 1.807) is 44.3 Å². The molecule has 2 aromatic carbocycles. The molecule has 3 aromatic rings. The maximum absolute atomic E-state index is 13.9. The Labute approximate surface area is 265 Å². The Morgan fingerprint density at radius 2 is 1.67 bits per heavy atom. The number of carbonyl (C=O) groups excluding carboxylic acids is 5. The number of Topliss-reactive ketones (excluding diaryl/α,β-unsaturated/α-hetero) is 1. The third-order valence-electron chi connectivity index (χ3n) is 6.99. The largest absolute Gasteiger partial charge is 0.457 e. The highest BCUT2D eigenvalue weighted by molar-refractivity contribution is 7.99. The van der Waals surface area contributed by atoms with Gasteiger partial charge in [0.1, 0.15) is 24.7 Å². The van der Waals surface area contributed by atoms with Gasteiger partial charge in [-0.1, -0.05) is 60.7 Å². The van der Waals surface area contributed by atoms with Gasteiger partial charge in [-0.2, -0.15) is 0 Å². The fraction of sp³-hybridized carbons (Fsp3) is 0.375. The van der Waals surface area contributed by atoms with Crippen LogP contribution < -0.4 is 10.6 Å². The number of aryl methyl sites for hydroxylation is 1. The first-order chi connectivity index (χ1) is 21.7. The molecule has 45 heavy (non-hydrogen) atoms. The second-order valence-corrected chi connectivity index (χ2v) is 11.8. The van der Waals surface area contributed by atoms with Crippen LogP contribution in [-0.2, 0) is 48.1 Å². The molecule has 0 bridgehead atoms. The normalized spacial score (nSPS) is 15.6. The Morgan fingerprint density at radius 3 is 2.31 bits per heavy atom. The summed E-state index contributed by atoms with van der Waals surface area (Å²) in [4.78, 5) is 74.2. The van der Waals surface area contributed by atoms with Crippen molar-refractivity contribution < 1.29 is 33.4 Å². The molecule has 12 nitrogen and oxygen atoms in total. The lowest BCUT2D eigenvalue weighted by molar-refractivity contribution is -0.158. The maximum Gasteiger partial charge on any atom is 0.408 e. The number of ketones is 1. The average molecular weight is 636 g/mol. The molecule has 1 aromatic heterocycles. The fourth-order valence-electron chi connectivity index (χ4n) is 4.70. The molecule has 1 aliphatic rings. The molecule has 1 saturated heterocycles. The number of alkyl carbamates (subject to hydrolysis) is 1. The summed E-state index contributed by atoms with van der Waals surface area (Å²) in [7, 11) is 0. The van der Waals surface area contributed by atoms with Gasteiger partial charge in [-0.3, -0.25) is 14.4 Å². The zero-order chi connectivity index (χ0) is 32.2. The van der Waals surface area contributed by atoms with Crippen LogP contribution >= 0.6 is 11.8 Å². The number of hydrogen-bond acceptors (Lipinski definition) is 9. The predicted octanol–water partition coefficient (Wildman–Crippen LogP) is 2.79. The topological polar surface area (TPSA) is 160 Å². The van der Waals surface area contributed by atoms with E-state index in [4.69, 9.17) is 9.47 Å². The maximum atomic E-state index is 13.9. The quantitative estimate of drug-likeness (QED) is 0.179. The lowest BCUT2D eigenvalue weighted by Crippen LogP contribution is -2.57. The molecule has 3 N–H and O–H groups in total. The summed E-state index contributed by atoms with van der Waals surface area (Å²) >= 11 is 1.37. The molecule has 3 amide bonds. The molecule has 0 spiro atoms. The number of aromatic amines is 1. The molecule has 0 radical (unpaired) electrons. The van der Waals surface area contributed by atoms with Gasteiger partial charge in [0.05, 0.1) is 18.3 Å². The minimum atomic E-state index is -1.20. The Hall–Kier alpha value is -4.65. The number of H-pyrrole nitrogens is 1. The molecule has 0 saturated carbocycles. The second-order valence-electron chi connectivity index (χ2n) is 10.8. The number of thioether (sulfide) groups is 1. The molecule has 0 unspecified atom stereocenters. The van der Waals surface area contributed by atoms with Crippen molar-refractivity contribution in [1.82, 2.24) is 25.5 Å². The van der Waals surface area contributed by atoms with Gasteiger partial charge in [0, 0.05) is 24.1 Å². The molecule has 2 heterocycles. The van der Waals surface area contributed by atoms with Crippen LogP contribution in [0.25, 0.3) is 0 Å². The van der Waals surface area contributed by atoms with Crippen molar-refractivity contribution in [2.45, 2.75) is 63.9 Å². The summed E-state index contributed by atoms with van der Waals surface area (Å²) in [5.41, 5.74) is 2.30. The van der Waals surface area contributed by atoms with Crippen LogP contribution in [0.5, 0.6) is 0 Å². The average Bonchev–Trinajstić information content (AvgIpc) is 3.75. The smallest absolute Gasteiger partial charge is 0.408 e. The lowest BCUT2D eigenvalue weighted by Gasteiger charge is -2.29. The van der Waals surface area contributed by atoms with E-state index >= 15 is 0 Å². The lowest BCUT2D eigenvalue weighted by atomic mass is 10.0. The van der Waals surface area contributed by atoms with Crippen molar-refractivity contribution in [2.24, 2.45) is 0 Å². The number of rotatable bonds is 14. The van der Waals surface area contributed by atoms with Gasteiger partial charge in [0.25, 0.3) is 5.78 Å². The standard InChI is InChI=1S/C32H37N5O7S/c1-21(2)44-31(41)28(38)26(15-22-9-5-3-6-10-22)35-29(39)27-18-45-20-37(27)30(40)25(14-13-24-16-33-19-34-24)36-32(42)43-17-23-11-7-4-8-12-23/h3-12,16,19,21,25-27H,13-15,17-18,20H2,1-2H3,(H,33,34)(H,35,39)(H,36,42)/t25-,26-,27-/m0/s1. The fourth-order valence-corrected chi connectivity index (χ4v) is 5.87. The number of aromatic nitrogens is 2. The van der Waals surface area contributed by atoms with Crippen LogP contribution in [0.3, 0.4) is 0 Å². The van der Waals surface area contributed by atoms with Gasteiger partial charge in [0.2, 0.25) is 11.8 Å². The highest BCUT2D eigenvalue weighted by Crippen LogP contribution is 2.23. The zero-order valence-electron chi connectivity index (χ0n) is 25.1. The molecule has 238 valence electrons. The Morgan fingerprint density at radius 1 is 0.978 bits per heavy atom. The summed E-state index contributed by atoms with van der Waals surface area (Å²) in [5, 5.41) is 5.36. The molecule has 1 aliphatic heterocycles. The number of hydrogen-bond donors (Lipinski definition) is 3. The number of imidazole rings is 1. The van der Waals surface area contributed by atoms with Crippen molar-refractivity contribution in [3.8, 4) is 0 Å². The highest BCUT2D eigenvalue weighted by Gasteiger charge is 2.40. The van der Waals surface area contributed by atoms with Gasteiger partial charge in [-0.05, 0) is 37.8 Å². The monoisotopic (exact) mass is 635 g/mol. The number of carbonyl (C=O) groups is 5. The summed E-state index contributed by atoms with van der Waals surface area (Å²) in [6, 6.07) is 15.0. The van der Waals surface area contributed by atoms with Crippen molar-refractivity contribution >= 4 is 41.4 Å². The minimum Gasteiger partial charge on any atom is -0.457 e. The molecular formula is C32H37N5O7S. The van der Waals surface area contributed by atoms with Crippen LogP contribution in [-0.4, -0.2) is 80.4 Å². The molecular weight excluding hydrogens is 598 g/mol. The SMILES string of the molecule is CC(C)OC(=O)C(=O)[C@H](Cc1ccccc1)NC(=O)[C@@H]1CSCN1C(=O)[C@H](CCc1cnc[nH]1)NC(=O)OCc1ccccc1. The molecule has 13 heteroatoms.